The molecule has 7 heteroatoms. The molecule has 0 radical (unpaired) electrons. The summed E-state index contributed by atoms with van der Waals surface area (Å²) in [5, 5.41) is 6.72. The Bertz CT molecular complexity index is 874. The van der Waals surface area contributed by atoms with Crippen molar-refractivity contribution in [1.29, 1.82) is 0 Å². The molecule has 0 aliphatic carbocycles. The Balaban J connectivity index is 1.44. The molecular formula is C25H36N4O3. The summed E-state index contributed by atoms with van der Waals surface area (Å²) in [6.45, 7) is 9.22. The second-order valence-electron chi connectivity index (χ2n) is 8.15. The van der Waals surface area contributed by atoms with Crippen molar-refractivity contribution >= 4 is 5.96 Å². The summed E-state index contributed by atoms with van der Waals surface area (Å²) in [6.07, 6.45) is 0.276. The Kier molecular flexibility index (Phi) is 9.19. The Morgan fingerprint density at radius 2 is 1.94 bits per heavy atom. The van der Waals surface area contributed by atoms with Crippen molar-refractivity contribution in [2.24, 2.45) is 4.99 Å². The number of guanidine groups is 1. The van der Waals surface area contributed by atoms with E-state index in [0.717, 1.165) is 43.7 Å². The van der Waals surface area contributed by atoms with E-state index >= 15 is 0 Å². The van der Waals surface area contributed by atoms with E-state index in [1.807, 2.05) is 31.2 Å². The van der Waals surface area contributed by atoms with E-state index in [-0.39, 0.29) is 6.10 Å². The molecule has 2 N–H and O–H groups in total. The van der Waals surface area contributed by atoms with Crippen molar-refractivity contribution in [3.8, 4) is 11.5 Å². The van der Waals surface area contributed by atoms with Crippen LogP contribution in [0.25, 0.3) is 0 Å². The Morgan fingerprint density at radius 1 is 1.16 bits per heavy atom. The van der Waals surface area contributed by atoms with Crippen LogP contribution in [0.5, 0.6) is 11.5 Å². The molecule has 2 aromatic rings. The summed E-state index contributed by atoms with van der Waals surface area (Å²) in [5.74, 6) is 2.32. The zero-order valence-corrected chi connectivity index (χ0v) is 19.6. The summed E-state index contributed by atoms with van der Waals surface area (Å²) in [4.78, 5) is 6.78. The van der Waals surface area contributed by atoms with Gasteiger partial charge in [-0.25, -0.2) is 0 Å². The number of nitrogens with zero attached hydrogens (tertiary/aromatic N) is 2. The number of hydrogen-bond acceptors (Lipinski definition) is 5. The maximum absolute atomic E-state index is 5.97. The lowest BCUT2D eigenvalue weighted by Gasteiger charge is -2.31. The molecule has 0 bridgehead atoms. The van der Waals surface area contributed by atoms with E-state index in [9.17, 15) is 0 Å². The van der Waals surface area contributed by atoms with Crippen molar-refractivity contribution < 1.29 is 14.2 Å². The van der Waals surface area contributed by atoms with Crippen LogP contribution < -0.4 is 20.1 Å². The molecule has 3 rings (SSSR count). The van der Waals surface area contributed by atoms with Crippen molar-refractivity contribution in [2.75, 3.05) is 40.4 Å². The standard InChI is InChI=1S/C25H36N4O3/c1-19(32-24-10-6-9-23(14-24)30-4)15-27-25(26-3)28-16-21-7-5-8-22(13-21)18-29-11-12-31-20(2)17-29/h5-10,13-14,19-20H,11-12,15-18H2,1-4H3,(H2,26,27,28). The van der Waals surface area contributed by atoms with Crippen LogP contribution in [0.4, 0.5) is 0 Å². The average molecular weight is 441 g/mol. The molecule has 0 spiro atoms. The molecule has 7 nitrogen and oxygen atoms in total. The third-order valence-electron chi connectivity index (χ3n) is 5.34. The quantitative estimate of drug-likeness (QED) is 0.462. The van der Waals surface area contributed by atoms with E-state index in [2.05, 4.69) is 51.7 Å². The van der Waals surface area contributed by atoms with Crippen molar-refractivity contribution in [3.05, 3.63) is 59.7 Å². The van der Waals surface area contributed by atoms with Crippen LogP contribution in [0.1, 0.15) is 25.0 Å². The van der Waals surface area contributed by atoms with Gasteiger partial charge < -0.3 is 24.8 Å². The van der Waals surface area contributed by atoms with Gasteiger partial charge >= 0.3 is 0 Å². The molecule has 1 saturated heterocycles. The molecule has 174 valence electrons. The van der Waals surface area contributed by atoms with Gasteiger partial charge in [0.15, 0.2) is 5.96 Å². The molecule has 0 amide bonds. The maximum atomic E-state index is 5.97. The first-order valence-corrected chi connectivity index (χ1v) is 11.2. The number of benzene rings is 2. The molecule has 32 heavy (non-hydrogen) atoms. The van der Waals surface area contributed by atoms with Gasteiger partial charge in [-0.1, -0.05) is 30.3 Å². The van der Waals surface area contributed by atoms with E-state index in [0.29, 0.717) is 19.2 Å². The number of ether oxygens (including phenoxy) is 3. The highest BCUT2D eigenvalue weighted by molar-refractivity contribution is 5.79. The van der Waals surface area contributed by atoms with Gasteiger partial charge in [0.2, 0.25) is 0 Å². The molecule has 0 saturated carbocycles. The molecular weight excluding hydrogens is 404 g/mol. The largest absolute Gasteiger partial charge is 0.497 e. The normalized spacial score (nSPS) is 18.1. The zero-order valence-electron chi connectivity index (χ0n) is 19.6. The molecule has 2 atom stereocenters. The third-order valence-corrected chi connectivity index (χ3v) is 5.34. The number of hydrogen-bond donors (Lipinski definition) is 2. The molecule has 2 unspecified atom stereocenters. The number of aliphatic imine (C=N–C) groups is 1. The van der Waals surface area contributed by atoms with E-state index in [4.69, 9.17) is 14.2 Å². The molecule has 1 aliphatic rings. The highest BCUT2D eigenvalue weighted by Crippen LogP contribution is 2.19. The summed E-state index contributed by atoms with van der Waals surface area (Å²) in [7, 11) is 3.43. The second-order valence-corrected chi connectivity index (χ2v) is 8.15. The SMILES string of the molecule is CN=C(NCc1cccc(CN2CCOC(C)C2)c1)NCC(C)Oc1cccc(OC)c1. The predicted octanol–water partition coefficient (Wildman–Crippen LogP) is 3.05. The van der Waals surface area contributed by atoms with Crippen LogP contribution in [-0.2, 0) is 17.8 Å². The van der Waals surface area contributed by atoms with Gasteiger partial charge in [-0.3, -0.25) is 9.89 Å². The van der Waals surface area contributed by atoms with Crippen molar-refractivity contribution in [3.63, 3.8) is 0 Å². The Labute approximate surface area is 191 Å². The minimum absolute atomic E-state index is 0.0279. The first-order valence-electron chi connectivity index (χ1n) is 11.2. The number of morpholine rings is 1. The third kappa shape index (κ3) is 7.73. The fourth-order valence-electron chi connectivity index (χ4n) is 3.73. The first kappa shape index (κ1) is 23.9. The zero-order chi connectivity index (χ0) is 22.8. The van der Waals surface area contributed by atoms with Gasteiger partial charge in [0.05, 0.1) is 26.4 Å². The van der Waals surface area contributed by atoms with Crippen LogP contribution in [0.3, 0.4) is 0 Å². The van der Waals surface area contributed by atoms with Crippen LogP contribution in [0.15, 0.2) is 53.5 Å². The van der Waals surface area contributed by atoms with Crippen LogP contribution in [0.2, 0.25) is 0 Å². The van der Waals surface area contributed by atoms with Crippen LogP contribution in [-0.4, -0.2) is 63.5 Å². The van der Waals surface area contributed by atoms with Crippen LogP contribution >= 0.6 is 0 Å². The monoisotopic (exact) mass is 440 g/mol. The topological polar surface area (TPSA) is 67.4 Å². The van der Waals surface area contributed by atoms with Gasteiger partial charge in [-0.15, -0.1) is 0 Å². The second kappa shape index (κ2) is 12.3. The van der Waals surface area contributed by atoms with Crippen molar-refractivity contribution in [1.82, 2.24) is 15.5 Å². The minimum atomic E-state index is -0.0279. The number of nitrogens with one attached hydrogen (secondary N) is 2. The smallest absolute Gasteiger partial charge is 0.191 e. The van der Waals surface area contributed by atoms with E-state index in [1.165, 1.54) is 11.1 Å². The highest BCUT2D eigenvalue weighted by atomic mass is 16.5. The first-order chi connectivity index (χ1) is 15.6. The van der Waals surface area contributed by atoms with E-state index < -0.39 is 0 Å². The van der Waals surface area contributed by atoms with Gasteiger partial charge in [0, 0.05) is 39.3 Å². The summed E-state index contributed by atoms with van der Waals surface area (Å²) < 4.78 is 16.9. The van der Waals surface area contributed by atoms with Gasteiger partial charge in [-0.05, 0) is 37.1 Å². The Hall–Kier alpha value is -2.77. The summed E-state index contributed by atoms with van der Waals surface area (Å²) in [5.41, 5.74) is 2.55. The number of methoxy groups -OCH3 is 1. The fraction of sp³-hybridized carbons (Fsp3) is 0.480. The minimum Gasteiger partial charge on any atom is -0.497 e. The summed E-state index contributed by atoms with van der Waals surface area (Å²) >= 11 is 0. The molecule has 1 aliphatic heterocycles. The van der Waals surface area contributed by atoms with Gasteiger partial charge in [0.1, 0.15) is 17.6 Å². The lowest BCUT2D eigenvalue weighted by Crippen LogP contribution is -2.41. The molecule has 0 aromatic heterocycles. The average Bonchev–Trinajstić information content (AvgIpc) is 2.79. The summed E-state index contributed by atoms with van der Waals surface area (Å²) in [6, 6.07) is 16.3. The molecule has 1 heterocycles. The number of rotatable bonds is 9. The predicted molar refractivity (Wildman–Crippen MR) is 128 cm³/mol. The van der Waals surface area contributed by atoms with Crippen molar-refractivity contribution in [2.45, 2.75) is 39.1 Å². The van der Waals surface area contributed by atoms with Crippen LogP contribution in [0, 0.1) is 0 Å². The fourth-order valence-corrected chi connectivity index (χ4v) is 3.73. The maximum Gasteiger partial charge on any atom is 0.191 e. The van der Waals surface area contributed by atoms with Gasteiger partial charge in [-0.2, -0.15) is 0 Å². The van der Waals surface area contributed by atoms with Gasteiger partial charge in [0.25, 0.3) is 0 Å². The molecule has 1 fully saturated rings. The lowest BCUT2D eigenvalue weighted by molar-refractivity contribution is -0.0212. The highest BCUT2D eigenvalue weighted by Gasteiger charge is 2.16. The Morgan fingerprint density at radius 3 is 2.72 bits per heavy atom. The molecule has 2 aromatic carbocycles. The van der Waals surface area contributed by atoms with E-state index in [1.54, 1.807) is 14.2 Å². The lowest BCUT2D eigenvalue weighted by atomic mass is 10.1.